The van der Waals surface area contributed by atoms with Crippen LogP contribution in [0.2, 0.25) is 0 Å². The number of aryl methyl sites for hydroxylation is 1. The van der Waals surface area contributed by atoms with E-state index >= 15 is 0 Å². The van der Waals surface area contributed by atoms with Gasteiger partial charge >= 0.3 is 5.97 Å². The van der Waals surface area contributed by atoms with Crippen molar-refractivity contribution in [3.63, 3.8) is 0 Å². The summed E-state index contributed by atoms with van der Waals surface area (Å²) in [7, 11) is 0. The first-order valence-corrected chi connectivity index (χ1v) is 7.50. The number of carboxylic acid groups (broad SMARTS) is 1. The van der Waals surface area contributed by atoms with Crippen LogP contribution in [-0.2, 0) is 17.6 Å². The Bertz CT molecular complexity index is 583. The molecule has 1 aromatic heterocycles. The molecule has 4 nitrogen and oxygen atoms in total. The molecule has 0 amide bonds. The van der Waals surface area contributed by atoms with Gasteiger partial charge in [0.1, 0.15) is 11.1 Å². The lowest BCUT2D eigenvalue weighted by Gasteiger charge is -2.23. The van der Waals surface area contributed by atoms with Gasteiger partial charge in [-0.05, 0) is 31.7 Å². The largest absolute Gasteiger partial charge is 0.481 e. The Morgan fingerprint density at radius 1 is 1.55 bits per heavy atom. The molecule has 20 heavy (non-hydrogen) atoms. The maximum Gasteiger partial charge on any atom is 0.305 e. The Hall–Kier alpha value is -1.80. The average Bonchev–Trinajstić information content (AvgIpc) is 2.93. The summed E-state index contributed by atoms with van der Waals surface area (Å²) in [6.45, 7) is 6.83. The number of hydrogen-bond acceptors (Lipinski definition) is 4. The number of carbonyl (C=O) groups is 1. The number of nitrogens with zero attached hydrogens (tertiary/aromatic N) is 2. The SMILES string of the molecule is C=C(C)CN(CCC(=O)O)c1sc2c(c1C#N)CCC2. The quantitative estimate of drug-likeness (QED) is 0.818. The number of carboxylic acids is 1. The Labute approximate surface area is 122 Å². The summed E-state index contributed by atoms with van der Waals surface area (Å²) in [5.41, 5.74) is 2.89. The summed E-state index contributed by atoms with van der Waals surface area (Å²) in [4.78, 5) is 14.1. The van der Waals surface area contributed by atoms with Crippen LogP contribution in [0.15, 0.2) is 12.2 Å². The fraction of sp³-hybridized carbons (Fsp3) is 0.467. The lowest BCUT2D eigenvalue weighted by atomic mass is 10.1. The number of aliphatic carboxylic acids is 1. The predicted molar refractivity (Wildman–Crippen MR) is 80.3 cm³/mol. The fourth-order valence-corrected chi connectivity index (χ4v) is 3.90. The summed E-state index contributed by atoms with van der Waals surface area (Å²) in [6, 6.07) is 2.31. The molecule has 1 heterocycles. The van der Waals surface area contributed by atoms with Crippen molar-refractivity contribution in [2.45, 2.75) is 32.6 Å². The van der Waals surface area contributed by atoms with Crippen molar-refractivity contribution in [3.8, 4) is 6.07 Å². The molecule has 0 spiro atoms. The van der Waals surface area contributed by atoms with Crippen molar-refractivity contribution >= 4 is 22.3 Å². The van der Waals surface area contributed by atoms with Crippen LogP contribution in [0.3, 0.4) is 0 Å². The van der Waals surface area contributed by atoms with Gasteiger partial charge < -0.3 is 10.0 Å². The van der Waals surface area contributed by atoms with Crippen LogP contribution in [0.25, 0.3) is 0 Å². The van der Waals surface area contributed by atoms with Crippen molar-refractivity contribution < 1.29 is 9.90 Å². The summed E-state index contributed by atoms with van der Waals surface area (Å²) in [6.07, 6.45) is 3.19. The molecule has 1 aromatic rings. The summed E-state index contributed by atoms with van der Waals surface area (Å²) in [5, 5.41) is 19.2. The maximum absolute atomic E-state index is 10.8. The highest BCUT2D eigenvalue weighted by Crippen LogP contribution is 2.40. The molecule has 0 unspecified atom stereocenters. The third kappa shape index (κ3) is 3.02. The molecule has 106 valence electrons. The minimum absolute atomic E-state index is 0.0702. The zero-order valence-corrected chi connectivity index (χ0v) is 12.4. The van der Waals surface area contributed by atoms with Crippen LogP contribution in [0.1, 0.15) is 35.8 Å². The molecule has 0 aromatic carbocycles. The molecule has 2 rings (SSSR count). The van der Waals surface area contributed by atoms with Crippen molar-refractivity contribution in [2.75, 3.05) is 18.0 Å². The van der Waals surface area contributed by atoms with Gasteiger partial charge in [-0.1, -0.05) is 12.2 Å². The standard InChI is InChI=1S/C15H18N2O2S/c1-10(2)9-17(7-6-14(18)19)15-12(8-16)11-4-3-5-13(11)20-15/h1,3-7,9H2,2H3,(H,18,19). The first-order chi connectivity index (χ1) is 9.52. The first-order valence-electron chi connectivity index (χ1n) is 6.68. The minimum atomic E-state index is -0.820. The number of thiophene rings is 1. The van der Waals surface area contributed by atoms with Gasteiger partial charge in [-0.15, -0.1) is 11.3 Å². The predicted octanol–water partition coefficient (Wildman–Crippen LogP) is 2.97. The molecule has 0 bridgehead atoms. The van der Waals surface area contributed by atoms with Crippen LogP contribution in [0.4, 0.5) is 5.00 Å². The van der Waals surface area contributed by atoms with Gasteiger partial charge in [0.25, 0.3) is 0 Å². The smallest absolute Gasteiger partial charge is 0.305 e. The van der Waals surface area contributed by atoms with E-state index < -0.39 is 5.97 Å². The number of anilines is 1. The average molecular weight is 290 g/mol. The first kappa shape index (κ1) is 14.6. The second kappa shape index (κ2) is 6.10. The fourth-order valence-electron chi connectivity index (χ4n) is 2.54. The molecule has 0 saturated carbocycles. The van der Waals surface area contributed by atoms with Crippen LogP contribution in [0.5, 0.6) is 0 Å². The summed E-state index contributed by atoms with van der Waals surface area (Å²) >= 11 is 1.64. The Balaban J connectivity index is 2.31. The monoisotopic (exact) mass is 290 g/mol. The summed E-state index contributed by atoms with van der Waals surface area (Å²) in [5.74, 6) is -0.820. The zero-order valence-electron chi connectivity index (χ0n) is 11.6. The third-order valence-electron chi connectivity index (χ3n) is 3.36. The van der Waals surface area contributed by atoms with Gasteiger partial charge in [-0.2, -0.15) is 5.26 Å². The van der Waals surface area contributed by atoms with E-state index in [1.165, 1.54) is 10.4 Å². The third-order valence-corrected chi connectivity index (χ3v) is 4.71. The molecule has 1 N–H and O–H groups in total. The van der Waals surface area contributed by atoms with Crippen LogP contribution in [-0.4, -0.2) is 24.2 Å². The van der Waals surface area contributed by atoms with Crippen molar-refractivity contribution in [2.24, 2.45) is 0 Å². The normalized spacial score (nSPS) is 12.8. The minimum Gasteiger partial charge on any atom is -0.481 e. The van der Waals surface area contributed by atoms with E-state index in [1.807, 2.05) is 11.8 Å². The van der Waals surface area contributed by atoms with Gasteiger partial charge in [-0.25, -0.2) is 0 Å². The highest BCUT2D eigenvalue weighted by atomic mass is 32.1. The molecular formula is C15H18N2O2S. The lowest BCUT2D eigenvalue weighted by molar-refractivity contribution is -0.136. The van der Waals surface area contributed by atoms with Crippen LogP contribution < -0.4 is 4.90 Å². The Kier molecular flexibility index (Phi) is 4.46. The molecule has 0 aliphatic heterocycles. The molecule has 1 aliphatic carbocycles. The van der Waals surface area contributed by atoms with Crippen LogP contribution >= 0.6 is 11.3 Å². The summed E-state index contributed by atoms with van der Waals surface area (Å²) < 4.78 is 0. The Morgan fingerprint density at radius 3 is 2.90 bits per heavy atom. The lowest BCUT2D eigenvalue weighted by Crippen LogP contribution is -2.27. The van der Waals surface area contributed by atoms with Gasteiger partial charge in [0, 0.05) is 18.0 Å². The van der Waals surface area contributed by atoms with E-state index in [2.05, 4.69) is 12.6 Å². The maximum atomic E-state index is 10.8. The topological polar surface area (TPSA) is 64.3 Å². The van der Waals surface area contributed by atoms with Gasteiger partial charge in [0.05, 0.1) is 12.0 Å². The molecule has 5 heteroatoms. The van der Waals surface area contributed by atoms with E-state index in [0.29, 0.717) is 13.1 Å². The van der Waals surface area contributed by atoms with Gasteiger partial charge in [-0.3, -0.25) is 4.79 Å². The number of nitriles is 1. The number of fused-ring (bicyclic) bond motifs is 1. The highest BCUT2D eigenvalue weighted by Gasteiger charge is 2.25. The van der Waals surface area contributed by atoms with E-state index in [1.54, 1.807) is 11.3 Å². The van der Waals surface area contributed by atoms with Crippen LogP contribution in [0, 0.1) is 11.3 Å². The van der Waals surface area contributed by atoms with Gasteiger partial charge in [0.2, 0.25) is 0 Å². The van der Waals surface area contributed by atoms with E-state index in [4.69, 9.17) is 5.11 Å². The zero-order chi connectivity index (χ0) is 14.7. The molecule has 0 saturated heterocycles. The molecule has 1 aliphatic rings. The highest BCUT2D eigenvalue weighted by molar-refractivity contribution is 7.16. The number of rotatable bonds is 6. The second-order valence-corrected chi connectivity index (χ2v) is 6.26. The Morgan fingerprint density at radius 2 is 2.30 bits per heavy atom. The van der Waals surface area contributed by atoms with Gasteiger partial charge in [0.15, 0.2) is 0 Å². The van der Waals surface area contributed by atoms with E-state index in [-0.39, 0.29) is 6.42 Å². The molecule has 0 fully saturated rings. The van der Waals surface area contributed by atoms with Crippen molar-refractivity contribution in [1.29, 1.82) is 5.26 Å². The van der Waals surface area contributed by atoms with Crippen molar-refractivity contribution in [1.82, 2.24) is 0 Å². The molecule has 0 radical (unpaired) electrons. The van der Waals surface area contributed by atoms with E-state index in [0.717, 1.165) is 35.4 Å². The van der Waals surface area contributed by atoms with Crippen molar-refractivity contribution in [3.05, 3.63) is 28.2 Å². The van der Waals surface area contributed by atoms with E-state index in [9.17, 15) is 10.1 Å². The molecule has 0 atom stereocenters. The molecular weight excluding hydrogens is 272 g/mol. The second-order valence-electron chi connectivity index (χ2n) is 5.17. The number of hydrogen-bond donors (Lipinski definition) is 1.